The zero-order valence-corrected chi connectivity index (χ0v) is 9.45. The molecule has 4 heteroatoms. The second-order valence-corrected chi connectivity index (χ2v) is 4.60. The minimum Gasteiger partial charge on any atom is -0.316 e. The molecule has 0 radical (unpaired) electrons. The van der Waals surface area contributed by atoms with E-state index in [2.05, 4.69) is 10.6 Å². The molecule has 0 saturated carbocycles. The Balaban J connectivity index is 2.06. The Kier molecular flexibility index (Phi) is 2.44. The summed E-state index contributed by atoms with van der Waals surface area (Å²) >= 11 is 0. The third-order valence-electron chi connectivity index (χ3n) is 3.53. The third-order valence-corrected chi connectivity index (χ3v) is 3.53. The normalized spacial score (nSPS) is 23.4. The average Bonchev–Trinajstić information content (AvgIpc) is 2.66. The highest BCUT2D eigenvalue weighted by molar-refractivity contribution is 6.22. The summed E-state index contributed by atoms with van der Waals surface area (Å²) in [6, 6.07) is 5.55. The van der Waals surface area contributed by atoms with E-state index in [4.69, 9.17) is 0 Å². The summed E-state index contributed by atoms with van der Waals surface area (Å²) in [6.45, 7) is 1.93. The monoisotopic (exact) mass is 230 g/mol. The van der Waals surface area contributed by atoms with Crippen LogP contribution in [0.5, 0.6) is 0 Å². The van der Waals surface area contributed by atoms with Crippen LogP contribution in [0.2, 0.25) is 0 Å². The van der Waals surface area contributed by atoms with Crippen LogP contribution >= 0.6 is 0 Å². The number of nitrogens with one attached hydrogen (secondary N) is 2. The van der Waals surface area contributed by atoms with Crippen molar-refractivity contribution in [2.75, 3.05) is 13.1 Å². The number of amides is 2. The second kappa shape index (κ2) is 3.96. The molecule has 3 rings (SSSR count). The maximum absolute atomic E-state index is 11.8. The lowest BCUT2D eigenvalue weighted by atomic mass is 9.87. The fourth-order valence-electron chi connectivity index (χ4n) is 2.70. The van der Waals surface area contributed by atoms with Gasteiger partial charge in [0.15, 0.2) is 0 Å². The molecule has 1 fully saturated rings. The first-order valence-corrected chi connectivity index (χ1v) is 5.96. The van der Waals surface area contributed by atoms with Gasteiger partial charge in [-0.1, -0.05) is 12.1 Å². The van der Waals surface area contributed by atoms with E-state index in [0.717, 1.165) is 31.5 Å². The van der Waals surface area contributed by atoms with Crippen molar-refractivity contribution in [3.8, 4) is 0 Å². The van der Waals surface area contributed by atoms with Gasteiger partial charge in [0.1, 0.15) is 0 Å². The van der Waals surface area contributed by atoms with E-state index in [9.17, 15) is 9.59 Å². The van der Waals surface area contributed by atoms with Crippen molar-refractivity contribution in [3.63, 3.8) is 0 Å². The number of hydrogen-bond acceptors (Lipinski definition) is 3. The number of fused-ring (bicyclic) bond motifs is 1. The fourth-order valence-corrected chi connectivity index (χ4v) is 2.70. The molecule has 2 N–H and O–H groups in total. The average molecular weight is 230 g/mol. The number of imide groups is 1. The molecule has 2 amide bonds. The highest BCUT2D eigenvalue weighted by Gasteiger charge is 2.31. The summed E-state index contributed by atoms with van der Waals surface area (Å²) in [4.78, 5) is 23.4. The summed E-state index contributed by atoms with van der Waals surface area (Å²) in [7, 11) is 0. The lowest BCUT2D eigenvalue weighted by Crippen LogP contribution is -2.29. The molecule has 0 aliphatic carbocycles. The van der Waals surface area contributed by atoms with E-state index in [0.29, 0.717) is 17.0 Å². The SMILES string of the molecule is O=C1NC(=O)c2c1cccc2[C@H]1CCCNC1. The van der Waals surface area contributed by atoms with E-state index in [-0.39, 0.29) is 11.8 Å². The van der Waals surface area contributed by atoms with Crippen molar-refractivity contribution in [2.45, 2.75) is 18.8 Å². The van der Waals surface area contributed by atoms with Gasteiger partial charge in [-0.25, -0.2) is 0 Å². The van der Waals surface area contributed by atoms with Gasteiger partial charge < -0.3 is 5.32 Å². The van der Waals surface area contributed by atoms with Gasteiger partial charge in [-0.2, -0.15) is 0 Å². The molecule has 0 bridgehead atoms. The number of rotatable bonds is 1. The van der Waals surface area contributed by atoms with Gasteiger partial charge in [-0.3, -0.25) is 14.9 Å². The van der Waals surface area contributed by atoms with Crippen LogP contribution in [0.3, 0.4) is 0 Å². The van der Waals surface area contributed by atoms with E-state index >= 15 is 0 Å². The lowest BCUT2D eigenvalue weighted by molar-refractivity contribution is 0.0879. The first kappa shape index (κ1) is 10.5. The second-order valence-electron chi connectivity index (χ2n) is 4.60. The highest BCUT2D eigenvalue weighted by Crippen LogP contribution is 2.30. The van der Waals surface area contributed by atoms with Crippen molar-refractivity contribution in [3.05, 3.63) is 34.9 Å². The molecule has 0 spiro atoms. The van der Waals surface area contributed by atoms with E-state index < -0.39 is 0 Å². The van der Waals surface area contributed by atoms with E-state index in [1.54, 1.807) is 6.07 Å². The fraction of sp³-hybridized carbons (Fsp3) is 0.385. The molecular weight excluding hydrogens is 216 g/mol. The summed E-state index contributed by atoms with van der Waals surface area (Å²) in [5.74, 6) is -0.169. The standard InChI is InChI=1S/C13H14N2O2/c16-12-10-5-1-4-9(11(10)13(17)15-12)8-3-2-6-14-7-8/h1,4-5,8,14H,2-3,6-7H2,(H,15,16,17)/t8-/m0/s1. The molecule has 2 heterocycles. The number of piperidine rings is 1. The Hall–Kier alpha value is -1.68. The Bertz CT molecular complexity index is 490. The van der Waals surface area contributed by atoms with Crippen molar-refractivity contribution in [2.24, 2.45) is 0 Å². The van der Waals surface area contributed by atoms with Crippen LogP contribution in [0.25, 0.3) is 0 Å². The summed E-state index contributed by atoms with van der Waals surface area (Å²) in [6.07, 6.45) is 2.19. The smallest absolute Gasteiger partial charge is 0.259 e. The Morgan fingerprint density at radius 3 is 2.82 bits per heavy atom. The van der Waals surface area contributed by atoms with Gasteiger partial charge >= 0.3 is 0 Å². The molecule has 1 atom stereocenters. The molecule has 4 nitrogen and oxygen atoms in total. The van der Waals surface area contributed by atoms with Crippen LogP contribution in [0.1, 0.15) is 45.0 Å². The summed E-state index contributed by atoms with van der Waals surface area (Å²) in [5.41, 5.74) is 2.13. The van der Waals surface area contributed by atoms with Crippen LogP contribution in [-0.4, -0.2) is 24.9 Å². The van der Waals surface area contributed by atoms with Crippen LogP contribution < -0.4 is 10.6 Å². The minimum atomic E-state index is -0.268. The summed E-state index contributed by atoms with van der Waals surface area (Å²) in [5, 5.41) is 5.70. The van der Waals surface area contributed by atoms with Gasteiger partial charge in [0.2, 0.25) is 0 Å². The quantitative estimate of drug-likeness (QED) is 0.709. The maximum atomic E-state index is 11.8. The molecule has 2 aliphatic rings. The first-order valence-electron chi connectivity index (χ1n) is 5.96. The Morgan fingerprint density at radius 2 is 2.06 bits per heavy atom. The van der Waals surface area contributed by atoms with Crippen LogP contribution in [0.4, 0.5) is 0 Å². The first-order chi connectivity index (χ1) is 8.27. The van der Waals surface area contributed by atoms with Crippen LogP contribution in [-0.2, 0) is 0 Å². The highest BCUT2D eigenvalue weighted by atomic mass is 16.2. The molecule has 0 aromatic heterocycles. The molecule has 88 valence electrons. The zero-order valence-electron chi connectivity index (χ0n) is 9.45. The topological polar surface area (TPSA) is 58.2 Å². The van der Waals surface area contributed by atoms with Crippen molar-refractivity contribution >= 4 is 11.8 Å². The molecule has 0 unspecified atom stereocenters. The molecule has 1 saturated heterocycles. The maximum Gasteiger partial charge on any atom is 0.259 e. The lowest BCUT2D eigenvalue weighted by Gasteiger charge is -2.24. The van der Waals surface area contributed by atoms with Gasteiger partial charge in [0.25, 0.3) is 11.8 Å². The van der Waals surface area contributed by atoms with Crippen molar-refractivity contribution in [1.82, 2.24) is 10.6 Å². The zero-order chi connectivity index (χ0) is 11.8. The number of carbonyl (C=O) groups excluding carboxylic acids is 2. The third kappa shape index (κ3) is 1.65. The van der Waals surface area contributed by atoms with Gasteiger partial charge in [0.05, 0.1) is 11.1 Å². The largest absolute Gasteiger partial charge is 0.316 e. The van der Waals surface area contributed by atoms with Crippen molar-refractivity contribution in [1.29, 1.82) is 0 Å². The van der Waals surface area contributed by atoms with Gasteiger partial charge in [-0.05, 0) is 36.9 Å². The molecule has 1 aromatic rings. The van der Waals surface area contributed by atoms with Gasteiger partial charge in [-0.15, -0.1) is 0 Å². The summed E-state index contributed by atoms with van der Waals surface area (Å²) < 4.78 is 0. The number of hydrogen-bond donors (Lipinski definition) is 2. The molecule has 2 aliphatic heterocycles. The predicted octanol–water partition coefficient (Wildman–Crippen LogP) is 1.04. The van der Waals surface area contributed by atoms with E-state index in [1.807, 2.05) is 12.1 Å². The minimum absolute atomic E-state index is 0.244. The van der Waals surface area contributed by atoms with Crippen LogP contribution in [0.15, 0.2) is 18.2 Å². The Morgan fingerprint density at radius 1 is 1.18 bits per heavy atom. The number of benzene rings is 1. The Labute approximate surface area is 99.4 Å². The van der Waals surface area contributed by atoms with Gasteiger partial charge in [0, 0.05) is 6.54 Å². The number of carbonyl (C=O) groups is 2. The van der Waals surface area contributed by atoms with Crippen molar-refractivity contribution < 1.29 is 9.59 Å². The van der Waals surface area contributed by atoms with Crippen LogP contribution in [0, 0.1) is 0 Å². The molecule has 17 heavy (non-hydrogen) atoms. The van der Waals surface area contributed by atoms with E-state index in [1.165, 1.54) is 0 Å². The molecule has 1 aromatic carbocycles. The molecular formula is C13H14N2O2. The predicted molar refractivity (Wildman–Crippen MR) is 63.1 cm³/mol.